The Bertz CT molecular complexity index is 1600. The monoisotopic (exact) mass is 470 g/mol. The van der Waals surface area contributed by atoms with Crippen molar-refractivity contribution in [3.63, 3.8) is 0 Å². The van der Waals surface area contributed by atoms with E-state index < -0.39 is 0 Å². The highest BCUT2D eigenvalue weighted by molar-refractivity contribution is 7.18. The molecule has 6 nitrogen and oxygen atoms in total. The molecule has 3 aromatic heterocycles. The van der Waals surface area contributed by atoms with Crippen LogP contribution in [0.2, 0.25) is 0 Å². The molecular formula is C27H22N2O4S. The lowest BCUT2D eigenvalue weighted by Gasteiger charge is -2.12. The molecule has 0 radical (unpaired) electrons. The fraction of sp³-hybridized carbons (Fsp3) is 0.222. The first-order valence-electron chi connectivity index (χ1n) is 11.3. The molecule has 0 N–H and O–H groups in total. The lowest BCUT2D eigenvalue weighted by molar-refractivity contribution is 0.415. The van der Waals surface area contributed by atoms with Crippen molar-refractivity contribution in [3.05, 3.63) is 75.2 Å². The summed E-state index contributed by atoms with van der Waals surface area (Å²) in [4.78, 5) is 24.8. The SMILES string of the molecule is COc1ccc(-c2coc3cc(Oc4nc(C)nc5sc6c(c45)CCCC6)ccc3c2=O)cc1. The number of aryl methyl sites for hydroxylation is 3. The molecule has 2 aromatic carbocycles. The number of thiophene rings is 1. The van der Waals surface area contributed by atoms with E-state index in [-0.39, 0.29) is 5.43 Å². The van der Waals surface area contributed by atoms with E-state index in [2.05, 4.69) is 9.97 Å². The number of hydrogen-bond acceptors (Lipinski definition) is 7. The van der Waals surface area contributed by atoms with Gasteiger partial charge >= 0.3 is 0 Å². The molecule has 34 heavy (non-hydrogen) atoms. The van der Waals surface area contributed by atoms with E-state index in [9.17, 15) is 4.79 Å². The molecule has 170 valence electrons. The highest BCUT2D eigenvalue weighted by Gasteiger charge is 2.22. The van der Waals surface area contributed by atoms with Crippen LogP contribution in [-0.4, -0.2) is 17.1 Å². The Hall–Kier alpha value is -3.71. The smallest absolute Gasteiger partial charge is 0.231 e. The Morgan fingerprint density at radius 2 is 1.79 bits per heavy atom. The molecular weight excluding hydrogens is 448 g/mol. The predicted octanol–water partition coefficient (Wildman–Crippen LogP) is 6.45. The van der Waals surface area contributed by atoms with E-state index in [1.165, 1.54) is 29.5 Å². The number of aromatic nitrogens is 2. The average molecular weight is 471 g/mol. The molecule has 0 fully saturated rings. The minimum absolute atomic E-state index is 0.0925. The van der Waals surface area contributed by atoms with Crippen molar-refractivity contribution in [1.82, 2.24) is 9.97 Å². The van der Waals surface area contributed by atoms with Crippen molar-refractivity contribution < 1.29 is 13.9 Å². The molecule has 1 aliphatic rings. The summed E-state index contributed by atoms with van der Waals surface area (Å²) in [6, 6.07) is 12.6. The zero-order valence-electron chi connectivity index (χ0n) is 18.9. The summed E-state index contributed by atoms with van der Waals surface area (Å²) in [6.45, 7) is 1.88. The lowest BCUT2D eigenvalue weighted by Crippen LogP contribution is -2.05. The molecule has 0 bridgehead atoms. The van der Waals surface area contributed by atoms with Gasteiger partial charge in [-0.2, -0.15) is 4.98 Å². The first kappa shape index (κ1) is 20.9. The molecule has 0 unspecified atom stereocenters. The summed E-state index contributed by atoms with van der Waals surface area (Å²) in [6.07, 6.45) is 6.00. The number of hydrogen-bond donors (Lipinski definition) is 0. The van der Waals surface area contributed by atoms with Gasteiger partial charge in [0, 0.05) is 10.9 Å². The highest BCUT2D eigenvalue weighted by Crippen LogP contribution is 2.41. The topological polar surface area (TPSA) is 74.5 Å². The highest BCUT2D eigenvalue weighted by atomic mass is 32.1. The van der Waals surface area contributed by atoms with Crippen molar-refractivity contribution in [2.75, 3.05) is 7.11 Å². The molecule has 6 rings (SSSR count). The van der Waals surface area contributed by atoms with Crippen LogP contribution in [0, 0.1) is 6.92 Å². The molecule has 0 amide bonds. The number of ether oxygens (including phenoxy) is 2. The molecule has 0 saturated heterocycles. The molecule has 7 heteroatoms. The maximum absolute atomic E-state index is 13.1. The van der Waals surface area contributed by atoms with Gasteiger partial charge in [-0.05, 0) is 68.0 Å². The second kappa shape index (κ2) is 8.25. The van der Waals surface area contributed by atoms with Crippen LogP contribution < -0.4 is 14.9 Å². The lowest BCUT2D eigenvalue weighted by atomic mass is 9.97. The number of fused-ring (bicyclic) bond motifs is 4. The van der Waals surface area contributed by atoms with Crippen LogP contribution >= 0.6 is 11.3 Å². The molecule has 5 aromatic rings. The van der Waals surface area contributed by atoms with Crippen LogP contribution in [0.25, 0.3) is 32.3 Å². The minimum atomic E-state index is -0.0925. The van der Waals surface area contributed by atoms with Gasteiger partial charge in [-0.3, -0.25) is 4.79 Å². The Morgan fingerprint density at radius 3 is 2.62 bits per heavy atom. The zero-order chi connectivity index (χ0) is 23.2. The molecule has 0 atom stereocenters. The number of methoxy groups -OCH3 is 1. The van der Waals surface area contributed by atoms with Gasteiger partial charge in [0.2, 0.25) is 5.88 Å². The zero-order valence-corrected chi connectivity index (χ0v) is 19.7. The van der Waals surface area contributed by atoms with Crippen molar-refractivity contribution in [1.29, 1.82) is 0 Å². The molecule has 3 heterocycles. The maximum atomic E-state index is 13.1. The van der Waals surface area contributed by atoms with E-state index in [1.54, 1.807) is 36.6 Å². The van der Waals surface area contributed by atoms with E-state index in [0.717, 1.165) is 34.4 Å². The third-order valence-corrected chi connectivity index (χ3v) is 7.44. The van der Waals surface area contributed by atoms with E-state index in [1.807, 2.05) is 31.2 Å². The Labute approximate surface area is 199 Å². The van der Waals surface area contributed by atoms with Crippen molar-refractivity contribution >= 4 is 32.5 Å². The molecule has 0 spiro atoms. The second-order valence-electron chi connectivity index (χ2n) is 8.43. The van der Waals surface area contributed by atoms with Gasteiger partial charge in [-0.1, -0.05) is 12.1 Å². The fourth-order valence-corrected chi connectivity index (χ4v) is 5.85. The van der Waals surface area contributed by atoms with Crippen LogP contribution in [0.4, 0.5) is 0 Å². The second-order valence-corrected chi connectivity index (χ2v) is 9.52. The summed E-state index contributed by atoms with van der Waals surface area (Å²) in [7, 11) is 1.61. The van der Waals surface area contributed by atoms with Gasteiger partial charge in [0.15, 0.2) is 5.43 Å². The van der Waals surface area contributed by atoms with E-state index in [4.69, 9.17) is 13.9 Å². The summed E-state index contributed by atoms with van der Waals surface area (Å²) in [5.74, 6) is 2.55. The largest absolute Gasteiger partial charge is 0.497 e. The molecule has 0 saturated carbocycles. The van der Waals surface area contributed by atoms with Crippen LogP contribution in [-0.2, 0) is 12.8 Å². The third kappa shape index (κ3) is 3.53. The van der Waals surface area contributed by atoms with Gasteiger partial charge in [-0.25, -0.2) is 4.98 Å². The Kier molecular flexibility index (Phi) is 5.07. The van der Waals surface area contributed by atoms with Crippen molar-refractivity contribution in [2.24, 2.45) is 0 Å². The van der Waals surface area contributed by atoms with Gasteiger partial charge < -0.3 is 13.9 Å². The normalized spacial score (nSPS) is 13.2. The first-order valence-corrected chi connectivity index (χ1v) is 12.1. The van der Waals surface area contributed by atoms with Crippen LogP contribution in [0.5, 0.6) is 17.4 Å². The fourth-order valence-electron chi connectivity index (χ4n) is 4.55. The number of benzene rings is 2. The standard InChI is InChI=1S/C27H22N2O4S/c1-15-28-26(24-20-5-3-4-6-23(20)34-27(24)29-15)33-18-11-12-19-22(13-18)32-14-21(25(19)30)16-7-9-17(31-2)10-8-16/h7-14H,3-6H2,1-2H3. The van der Waals surface area contributed by atoms with Gasteiger partial charge in [-0.15, -0.1) is 11.3 Å². The van der Waals surface area contributed by atoms with Crippen molar-refractivity contribution in [2.45, 2.75) is 32.6 Å². The summed E-state index contributed by atoms with van der Waals surface area (Å²) >= 11 is 1.75. The van der Waals surface area contributed by atoms with Crippen LogP contribution in [0.15, 0.2) is 57.9 Å². The summed E-state index contributed by atoms with van der Waals surface area (Å²) in [5.41, 5.74) is 2.97. The van der Waals surface area contributed by atoms with Gasteiger partial charge in [0.1, 0.15) is 34.0 Å². The van der Waals surface area contributed by atoms with E-state index in [0.29, 0.717) is 34.0 Å². The quantitative estimate of drug-likeness (QED) is 0.300. The average Bonchev–Trinajstić information content (AvgIpc) is 3.23. The minimum Gasteiger partial charge on any atom is -0.497 e. The first-order chi connectivity index (χ1) is 16.6. The van der Waals surface area contributed by atoms with Crippen LogP contribution in [0.3, 0.4) is 0 Å². The Balaban J connectivity index is 1.39. The Morgan fingerprint density at radius 1 is 1.00 bits per heavy atom. The molecule has 1 aliphatic carbocycles. The number of nitrogens with zero attached hydrogens (tertiary/aromatic N) is 2. The molecule has 0 aliphatic heterocycles. The third-order valence-electron chi connectivity index (χ3n) is 6.25. The summed E-state index contributed by atoms with van der Waals surface area (Å²) in [5, 5.41) is 1.51. The summed E-state index contributed by atoms with van der Waals surface area (Å²) < 4.78 is 17.3. The predicted molar refractivity (Wildman–Crippen MR) is 133 cm³/mol. The van der Waals surface area contributed by atoms with Gasteiger partial charge in [0.05, 0.1) is 23.4 Å². The van der Waals surface area contributed by atoms with Crippen molar-refractivity contribution in [3.8, 4) is 28.5 Å². The maximum Gasteiger partial charge on any atom is 0.231 e. The van der Waals surface area contributed by atoms with Crippen LogP contribution in [0.1, 0.15) is 29.1 Å². The van der Waals surface area contributed by atoms with Gasteiger partial charge in [0.25, 0.3) is 0 Å². The number of rotatable bonds is 4. The van der Waals surface area contributed by atoms with E-state index >= 15 is 0 Å².